The Morgan fingerprint density at radius 2 is 1.52 bits per heavy atom. The van der Waals surface area contributed by atoms with Crippen molar-refractivity contribution in [1.29, 1.82) is 0 Å². The molecule has 2 aliphatic rings. The molecule has 31 heavy (non-hydrogen) atoms. The minimum absolute atomic E-state index is 0.00464. The van der Waals surface area contributed by atoms with Crippen LogP contribution < -0.4 is 23.7 Å². The van der Waals surface area contributed by atoms with Crippen molar-refractivity contribution >= 4 is 0 Å². The molecule has 3 atom stereocenters. The number of ether oxygens (including phenoxy) is 7. The molecular formula is C24H30O7. The van der Waals surface area contributed by atoms with Crippen LogP contribution in [-0.4, -0.2) is 55.6 Å². The Kier molecular flexibility index (Phi) is 6.43. The van der Waals surface area contributed by atoms with Gasteiger partial charge in [0.2, 0.25) is 12.5 Å². The van der Waals surface area contributed by atoms with Gasteiger partial charge in [-0.05, 0) is 47.6 Å². The van der Waals surface area contributed by atoms with Gasteiger partial charge in [0.15, 0.2) is 23.0 Å². The molecule has 1 aliphatic heterocycles. The molecule has 0 radical (unpaired) electrons. The largest absolute Gasteiger partial charge is 0.493 e. The average Bonchev–Trinajstić information content (AvgIpc) is 3.29. The molecule has 0 amide bonds. The van der Waals surface area contributed by atoms with E-state index < -0.39 is 0 Å². The Morgan fingerprint density at radius 3 is 2.19 bits per heavy atom. The van der Waals surface area contributed by atoms with E-state index in [4.69, 9.17) is 33.2 Å². The molecule has 1 aliphatic carbocycles. The molecule has 0 spiro atoms. The third kappa shape index (κ3) is 3.77. The smallest absolute Gasteiger partial charge is 0.231 e. The van der Waals surface area contributed by atoms with E-state index in [9.17, 15) is 0 Å². The van der Waals surface area contributed by atoms with Gasteiger partial charge >= 0.3 is 0 Å². The molecule has 0 N–H and O–H groups in total. The lowest BCUT2D eigenvalue weighted by atomic mass is 9.66. The highest BCUT2D eigenvalue weighted by Crippen LogP contribution is 2.55. The Bertz CT molecular complexity index is 927. The second kappa shape index (κ2) is 9.24. The molecule has 0 bridgehead atoms. The summed E-state index contributed by atoms with van der Waals surface area (Å²) >= 11 is 0. The molecule has 7 heteroatoms. The normalized spacial score (nSPS) is 21.5. The second-order valence-corrected chi connectivity index (χ2v) is 7.85. The van der Waals surface area contributed by atoms with E-state index in [-0.39, 0.29) is 24.5 Å². The SMILES string of the molecule is COCC1Cc2cc(OC)c3c(c2C(c2ccc(OC)c(OC)c2)C1COC)OCO3. The molecule has 0 fully saturated rings. The summed E-state index contributed by atoms with van der Waals surface area (Å²) in [6.07, 6.45) is 0.841. The first-order valence-corrected chi connectivity index (χ1v) is 10.4. The first kappa shape index (κ1) is 21.6. The summed E-state index contributed by atoms with van der Waals surface area (Å²) < 4.78 is 39.7. The minimum atomic E-state index is 0.00464. The molecular weight excluding hydrogens is 400 g/mol. The van der Waals surface area contributed by atoms with Gasteiger partial charge in [0.05, 0.1) is 27.9 Å². The number of rotatable bonds is 8. The van der Waals surface area contributed by atoms with E-state index in [0.29, 0.717) is 36.2 Å². The molecule has 168 valence electrons. The molecule has 3 unspecified atom stereocenters. The fourth-order valence-electron chi connectivity index (χ4n) is 4.97. The van der Waals surface area contributed by atoms with Gasteiger partial charge in [-0.25, -0.2) is 0 Å². The third-order valence-corrected chi connectivity index (χ3v) is 6.29. The standard InChI is InChI=1S/C24H30O7/c1-25-11-16-8-15-10-20(29-5)23-24(31-13-30-23)22(15)21(17(16)12-26-2)14-6-7-18(27-3)19(9-14)28-4/h6-7,9-10,16-17,21H,8,11-13H2,1-5H3. The van der Waals surface area contributed by atoms with E-state index in [1.165, 1.54) is 5.56 Å². The molecule has 2 aromatic carbocycles. The molecule has 0 aromatic heterocycles. The highest BCUT2D eigenvalue weighted by Gasteiger charge is 2.42. The zero-order chi connectivity index (χ0) is 22.0. The molecule has 4 rings (SSSR count). The number of benzene rings is 2. The van der Waals surface area contributed by atoms with E-state index in [2.05, 4.69) is 12.1 Å². The van der Waals surface area contributed by atoms with Crippen LogP contribution in [0.3, 0.4) is 0 Å². The quantitative estimate of drug-likeness (QED) is 0.633. The third-order valence-electron chi connectivity index (χ3n) is 6.29. The second-order valence-electron chi connectivity index (χ2n) is 7.85. The number of fused-ring (bicyclic) bond motifs is 3. The van der Waals surface area contributed by atoms with E-state index >= 15 is 0 Å². The first-order valence-electron chi connectivity index (χ1n) is 10.4. The Hall–Kier alpha value is -2.64. The van der Waals surface area contributed by atoms with Crippen LogP contribution in [0.2, 0.25) is 0 Å². The highest BCUT2D eigenvalue weighted by molar-refractivity contribution is 5.64. The minimum Gasteiger partial charge on any atom is -0.493 e. The molecule has 2 aromatic rings. The van der Waals surface area contributed by atoms with E-state index in [0.717, 1.165) is 23.3 Å². The summed E-state index contributed by atoms with van der Waals surface area (Å²) in [5, 5.41) is 0. The molecule has 0 saturated heterocycles. The molecule has 1 heterocycles. The van der Waals surface area contributed by atoms with Crippen molar-refractivity contribution in [2.75, 3.05) is 55.6 Å². The van der Waals surface area contributed by atoms with E-state index in [1.54, 1.807) is 35.5 Å². The summed E-state index contributed by atoms with van der Waals surface area (Å²) in [7, 11) is 8.42. The Morgan fingerprint density at radius 1 is 0.806 bits per heavy atom. The van der Waals surface area contributed by atoms with Crippen molar-refractivity contribution in [3.05, 3.63) is 41.0 Å². The van der Waals surface area contributed by atoms with Gasteiger partial charge in [-0.15, -0.1) is 0 Å². The van der Waals surface area contributed by atoms with Gasteiger partial charge in [-0.2, -0.15) is 0 Å². The van der Waals surface area contributed by atoms with Crippen LogP contribution in [0.4, 0.5) is 0 Å². The first-order chi connectivity index (χ1) is 15.2. The Labute approximate surface area is 183 Å². The lowest BCUT2D eigenvalue weighted by Crippen LogP contribution is -2.36. The summed E-state index contributed by atoms with van der Waals surface area (Å²) in [5.74, 6) is 3.94. The van der Waals surface area contributed by atoms with Gasteiger partial charge in [0.1, 0.15) is 0 Å². The molecule has 7 nitrogen and oxygen atoms in total. The fourth-order valence-corrected chi connectivity index (χ4v) is 4.97. The fraction of sp³-hybridized carbons (Fsp3) is 0.500. The van der Waals surface area contributed by atoms with Crippen LogP contribution >= 0.6 is 0 Å². The van der Waals surface area contributed by atoms with Gasteiger partial charge in [-0.1, -0.05) is 6.07 Å². The maximum absolute atomic E-state index is 5.98. The molecule has 0 saturated carbocycles. The van der Waals surface area contributed by atoms with Crippen molar-refractivity contribution in [2.45, 2.75) is 12.3 Å². The van der Waals surface area contributed by atoms with E-state index in [1.807, 2.05) is 12.1 Å². The lowest BCUT2D eigenvalue weighted by molar-refractivity contribution is 0.0559. The summed E-state index contributed by atoms with van der Waals surface area (Å²) in [4.78, 5) is 0. The predicted molar refractivity (Wildman–Crippen MR) is 115 cm³/mol. The van der Waals surface area contributed by atoms with Crippen LogP contribution in [0.25, 0.3) is 0 Å². The summed E-state index contributed by atoms with van der Waals surface area (Å²) in [6, 6.07) is 8.14. The number of methoxy groups -OCH3 is 5. The number of hydrogen-bond donors (Lipinski definition) is 0. The van der Waals surface area contributed by atoms with Crippen molar-refractivity contribution < 1.29 is 33.2 Å². The lowest BCUT2D eigenvalue weighted by Gasteiger charge is -2.40. The van der Waals surface area contributed by atoms with Crippen molar-refractivity contribution in [2.24, 2.45) is 11.8 Å². The maximum Gasteiger partial charge on any atom is 0.231 e. The highest BCUT2D eigenvalue weighted by atomic mass is 16.7. The van der Waals surface area contributed by atoms with Crippen molar-refractivity contribution in [1.82, 2.24) is 0 Å². The van der Waals surface area contributed by atoms with Crippen LogP contribution in [0.5, 0.6) is 28.7 Å². The monoisotopic (exact) mass is 430 g/mol. The predicted octanol–water partition coefficient (Wildman–Crippen LogP) is 3.65. The van der Waals surface area contributed by atoms with Gasteiger partial charge < -0.3 is 33.2 Å². The van der Waals surface area contributed by atoms with Crippen molar-refractivity contribution in [3.63, 3.8) is 0 Å². The average molecular weight is 430 g/mol. The topological polar surface area (TPSA) is 64.6 Å². The zero-order valence-corrected chi connectivity index (χ0v) is 18.7. The van der Waals surface area contributed by atoms with Gasteiger partial charge in [-0.3, -0.25) is 0 Å². The maximum atomic E-state index is 5.98. The Balaban J connectivity index is 1.93. The van der Waals surface area contributed by atoms with Crippen molar-refractivity contribution in [3.8, 4) is 28.7 Å². The zero-order valence-electron chi connectivity index (χ0n) is 18.7. The summed E-state index contributed by atoms with van der Waals surface area (Å²) in [6.45, 7) is 1.40. The van der Waals surface area contributed by atoms with Crippen LogP contribution in [0, 0.1) is 11.8 Å². The summed E-state index contributed by atoms with van der Waals surface area (Å²) in [5.41, 5.74) is 3.40. The van der Waals surface area contributed by atoms with Crippen LogP contribution in [-0.2, 0) is 15.9 Å². The van der Waals surface area contributed by atoms with Gasteiger partial charge in [0, 0.05) is 32.3 Å². The van der Waals surface area contributed by atoms with Crippen LogP contribution in [0.1, 0.15) is 22.6 Å². The van der Waals surface area contributed by atoms with Gasteiger partial charge in [0.25, 0.3) is 0 Å². The number of hydrogen-bond acceptors (Lipinski definition) is 7. The van der Waals surface area contributed by atoms with Crippen LogP contribution in [0.15, 0.2) is 24.3 Å².